The van der Waals surface area contributed by atoms with Gasteiger partial charge in [-0.05, 0) is 26.2 Å². The Labute approximate surface area is 120 Å². The van der Waals surface area contributed by atoms with Crippen molar-refractivity contribution in [2.45, 2.75) is 52.3 Å². The van der Waals surface area contributed by atoms with E-state index in [2.05, 4.69) is 0 Å². The fourth-order valence-corrected chi connectivity index (χ4v) is 2.55. The van der Waals surface area contributed by atoms with E-state index >= 15 is 0 Å². The van der Waals surface area contributed by atoms with E-state index < -0.39 is 18.1 Å². The molecule has 1 aliphatic rings. The zero-order valence-corrected chi connectivity index (χ0v) is 12.9. The van der Waals surface area contributed by atoms with Gasteiger partial charge in [0.15, 0.2) is 0 Å². The number of hydrogen-bond acceptors (Lipinski definition) is 4. The third-order valence-corrected chi connectivity index (χ3v) is 3.86. The highest BCUT2D eigenvalue weighted by atomic mass is 16.3. The number of amides is 2. The average Bonchev–Trinajstić information content (AvgIpc) is 2.80. The molecule has 6 nitrogen and oxygen atoms in total. The van der Waals surface area contributed by atoms with Crippen LogP contribution in [0.4, 0.5) is 0 Å². The van der Waals surface area contributed by atoms with Crippen LogP contribution in [-0.2, 0) is 9.59 Å². The highest BCUT2D eigenvalue weighted by Crippen LogP contribution is 2.21. The summed E-state index contributed by atoms with van der Waals surface area (Å²) in [4.78, 5) is 27.9. The zero-order chi connectivity index (χ0) is 15.4. The first kappa shape index (κ1) is 16.9. The van der Waals surface area contributed by atoms with E-state index in [-0.39, 0.29) is 17.9 Å². The second-order valence-electron chi connectivity index (χ2n) is 5.70. The van der Waals surface area contributed by atoms with Crippen molar-refractivity contribution in [3.8, 4) is 0 Å². The van der Waals surface area contributed by atoms with Gasteiger partial charge in [-0.15, -0.1) is 0 Å². The average molecular weight is 285 g/mol. The number of aliphatic hydroxyl groups is 1. The van der Waals surface area contributed by atoms with Crippen molar-refractivity contribution in [2.75, 3.05) is 19.6 Å². The van der Waals surface area contributed by atoms with E-state index in [9.17, 15) is 14.7 Å². The molecule has 1 aliphatic heterocycles. The van der Waals surface area contributed by atoms with Crippen LogP contribution in [0.25, 0.3) is 0 Å². The number of likely N-dealkylation sites (N-methyl/N-ethyl adjacent to an activating group) is 1. The zero-order valence-electron chi connectivity index (χ0n) is 12.9. The summed E-state index contributed by atoms with van der Waals surface area (Å²) >= 11 is 0. The highest BCUT2D eigenvalue weighted by Gasteiger charge is 2.41. The lowest BCUT2D eigenvalue weighted by atomic mass is 10.1. The summed E-state index contributed by atoms with van der Waals surface area (Å²) < 4.78 is 0. The molecule has 1 saturated heterocycles. The number of aliphatic hydroxyl groups excluding tert-OH is 1. The Kier molecular flexibility index (Phi) is 5.95. The lowest BCUT2D eigenvalue weighted by molar-refractivity contribution is -0.150. The van der Waals surface area contributed by atoms with Crippen molar-refractivity contribution in [2.24, 2.45) is 11.7 Å². The van der Waals surface area contributed by atoms with Crippen LogP contribution < -0.4 is 5.73 Å². The van der Waals surface area contributed by atoms with E-state index in [0.29, 0.717) is 26.1 Å². The molecular weight excluding hydrogens is 258 g/mol. The minimum absolute atomic E-state index is 0.0766. The first-order valence-electron chi connectivity index (χ1n) is 7.36. The van der Waals surface area contributed by atoms with Gasteiger partial charge < -0.3 is 20.6 Å². The van der Waals surface area contributed by atoms with Crippen LogP contribution in [0.5, 0.6) is 0 Å². The summed E-state index contributed by atoms with van der Waals surface area (Å²) in [6, 6.07) is -0.742. The van der Waals surface area contributed by atoms with Crippen LogP contribution in [0.15, 0.2) is 0 Å². The Balaban J connectivity index is 2.88. The Bertz CT molecular complexity index is 334. The predicted octanol–water partition coefficient (Wildman–Crippen LogP) is -0.200. The fourth-order valence-electron chi connectivity index (χ4n) is 2.55. The quantitative estimate of drug-likeness (QED) is 0.732. The number of carbonyl (C=O) groups is 2. The summed E-state index contributed by atoms with van der Waals surface area (Å²) in [6.07, 6.45) is -0.612. The van der Waals surface area contributed by atoms with Crippen molar-refractivity contribution in [3.63, 3.8) is 0 Å². The van der Waals surface area contributed by atoms with E-state index in [1.807, 2.05) is 13.8 Å². The number of carbonyl (C=O) groups excluding carboxylic acids is 2. The maximum Gasteiger partial charge on any atom is 0.252 e. The van der Waals surface area contributed by atoms with Crippen LogP contribution in [0, 0.1) is 5.92 Å². The Hall–Kier alpha value is -1.14. The number of likely N-dealkylation sites (tertiary alicyclic amines) is 1. The molecule has 116 valence electrons. The monoisotopic (exact) mass is 285 g/mol. The largest absolute Gasteiger partial charge is 0.383 e. The molecule has 0 bridgehead atoms. The lowest BCUT2D eigenvalue weighted by Crippen LogP contribution is -2.51. The smallest absolute Gasteiger partial charge is 0.252 e. The second-order valence-corrected chi connectivity index (χ2v) is 5.70. The molecule has 0 aromatic heterocycles. The molecular formula is C14H27N3O3. The molecule has 3 atom stereocenters. The molecule has 1 rings (SSSR count). The molecule has 0 aromatic carbocycles. The molecule has 2 amide bonds. The van der Waals surface area contributed by atoms with Gasteiger partial charge in [-0.3, -0.25) is 9.59 Å². The summed E-state index contributed by atoms with van der Waals surface area (Å²) in [5, 5.41) is 9.94. The standard InChI is InChI=1S/C14H27N3O3/c1-5-16(6-2)13(19)11-7-10(15)8-17(11)14(20)12(18)9(3)4/h9-12,18H,5-8,15H2,1-4H3/t10-,11+,12-/m1/s1. The number of nitrogens with two attached hydrogens (primary N) is 1. The molecule has 3 N–H and O–H groups in total. The molecule has 1 fully saturated rings. The minimum Gasteiger partial charge on any atom is -0.383 e. The Morgan fingerprint density at radius 1 is 1.35 bits per heavy atom. The Morgan fingerprint density at radius 3 is 2.35 bits per heavy atom. The predicted molar refractivity (Wildman–Crippen MR) is 76.9 cm³/mol. The fraction of sp³-hybridized carbons (Fsp3) is 0.857. The van der Waals surface area contributed by atoms with Crippen LogP contribution in [0.1, 0.15) is 34.1 Å². The second kappa shape index (κ2) is 7.04. The summed E-state index contributed by atoms with van der Waals surface area (Å²) in [7, 11) is 0. The molecule has 0 aromatic rings. The third-order valence-electron chi connectivity index (χ3n) is 3.86. The summed E-state index contributed by atoms with van der Waals surface area (Å²) in [6.45, 7) is 8.92. The van der Waals surface area contributed by atoms with Crippen molar-refractivity contribution < 1.29 is 14.7 Å². The SMILES string of the molecule is CCN(CC)C(=O)[C@@H]1C[C@@H](N)CN1C(=O)[C@H](O)C(C)C. The maximum atomic E-state index is 12.5. The van der Waals surface area contributed by atoms with E-state index in [1.165, 1.54) is 4.90 Å². The molecule has 0 aliphatic carbocycles. The van der Waals surface area contributed by atoms with Gasteiger partial charge in [0.1, 0.15) is 12.1 Å². The van der Waals surface area contributed by atoms with Crippen LogP contribution in [0.2, 0.25) is 0 Å². The van der Waals surface area contributed by atoms with Gasteiger partial charge >= 0.3 is 0 Å². The first-order chi connectivity index (χ1) is 9.33. The maximum absolute atomic E-state index is 12.5. The summed E-state index contributed by atoms with van der Waals surface area (Å²) in [5.74, 6) is -0.644. The van der Waals surface area contributed by atoms with Gasteiger partial charge in [-0.1, -0.05) is 13.8 Å². The van der Waals surface area contributed by atoms with Crippen LogP contribution in [0.3, 0.4) is 0 Å². The first-order valence-corrected chi connectivity index (χ1v) is 7.36. The molecule has 0 saturated carbocycles. The van der Waals surface area contributed by atoms with E-state index in [0.717, 1.165) is 0 Å². The van der Waals surface area contributed by atoms with Gasteiger partial charge in [0.05, 0.1) is 0 Å². The van der Waals surface area contributed by atoms with Gasteiger partial charge in [0.2, 0.25) is 5.91 Å². The van der Waals surface area contributed by atoms with Crippen molar-refractivity contribution in [1.82, 2.24) is 9.80 Å². The van der Waals surface area contributed by atoms with Crippen LogP contribution >= 0.6 is 0 Å². The molecule has 1 heterocycles. The van der Waals surface area contributed by atoms with Gasteiger partial charge in [0, 0.05) is 25.7 Å². The molecule has 6 heteroatoms. The number of hydrogen-bond donors (Lipinski definition) is 2. The van der Waals surface area contributed by atoms with Gasteiger partial charge in [-0.2, -0.15) is 0 Å². The highest BCUT2D eigenvalue weighted by molar-refractivity contribution is 5.90. The molecule has 0 radical (unpaired) electrons. The Morgan fingerprint density at radius 2 is 1.90 bits per heavy atom. The summed E-state index contributed by atoms with van der Waals surface area (Å²) in [5.41, 5.74) is 5.90. The molecule has 0 unspecified atom stereocenters. The molecule has 20 heavy (non-hydrogen) atoms. The van der Waals surface area contributed by atoms with Gasteiger partial charge in [0.25, 0.3) is 5.91 Å². The van der Waals surface area contributed by atoms with E-state index in [1.54, 1.807) is 18.7 Å². The minimum atomic E-state index is -1.08. The number of nitrogens with zero attached hydrogens (tertiary/aromatic N) is 2. The molecule has 0 spiro atoms. The topological polar surface area (TPSA) is 86.9 Å². The van der Waals surface area contributed by atoms with Crippen molar-refractivity contribution >= 4 is 11.8 Å². The van der Waals surface area contributed by atoms with Crippen LogP contribution in [-0.4, -0.2) is 64.5 Å². The lowest BCUT2D eigenvalue weighted by Gasteiger charge is -2.30. The third kappa shape index (κ3) is 3.49. The van der Waals surface area contributed by atoms with Gasteiger partial charge in [-0.25, -0.2) is 0 Å². The van der Waals surface area contributed by atoms with E-state index in [4.69, 9.17) is 5.73 Å². The normalized spacial score (nSPS) is 24.1. The van der Waals surface area contributed by atoms with Crippen molar-refractivity contribution in [1.29, 1.82) is 0 Å². The number of rotatable bonds is 5. The van der Waals surface area contributed by atoms with Crippen molar-refractivity contribution in [3.05, 3.63) is 0 Å².